The van der Waals surface area contributed by atoms with Crippen molar-refractivity contribution in [3.8, 4) is 6.07 Å². The third-order valence-corrected chi connectivity index (χ3v) is 3.25. The fourth-order valence-corrected chi connectivity index (χ4v) is 2.16. The number of furan rings is 1. The summed E-state index contributed by atoms with van der Waals surface area (Å²) in [6, 6.07) is 5.30. The Morgan fingerprint density at radius 3 is 2.65 bits per heavy atom. The smallest absolute Gasteiger partial charge is 0.247 e. The summed E-state index contributed by atoms with van der Waals surface area (Å²) < 4.78 is 5.29. The third kappa shape index (κ3) is 3.15. The highest BCUT2D eigenvalue weighted by Gasteiger charge is 2.30. The fourth-order valence-electron chi connectivity index (χ4n) is 2.16. The lowest BCUT2D eigenvalue weighted by Crippen LogP contribution is -2.36. The molecule has 5 nitrogen and oxygen atoms in total. The van der Waals surface area contributed by atoms with E-state index in [2.05, 4.69) is 0 Å². The molecule has 1 aliphatic heterocycles. The normalized spacial score (nSPS) is 16.3. The standard InChI is InChI=1S/C15H16N2O3/c1-11-4-5-12(20-11)6-7-14(18)13(10-16)15(19)17-8-2-3-9-17/h4-7,13H,2-3,8-9H2,1H3/b7-6-/t13-/m1/s1. The molecule has 1 aromatic rings. The molecule has 1 aliphatic rings. The number of carbonyl (C=O) groups is 2. The summed E-state index contributed by atoms with van der Waals surface area (Å²) >= 11 is 0. The Balaban J connectivity index is 2.03. The van der Waals surface area contributed by atoms with Gasteiger partial charge < -0.3 is 9.32 Å². The number of carbonyl (C=O) groups excluding carboxylic acids is 2. The topological polar surface area (TPSA) is 74.3 Å². The Hall–Kier alpha value is -2.35. The summed E-state index contributed by atoms with van der Waals surface area (Å²) in [5, 5.41) is 9.05. The zero-order chi connectivity index (χ0) is 14.5. The van der Waals surface area contributed by atoms with Crippen molar-refractivity contribution in [1.29, 1.82) is 5.26 Å². The van der Waals surface area contributed by atoms with Crippen molar-refractivity contribution in [2.24, 2.45) is 5.92 Å². The van der Waals surface area contributed by atoms with Gasteiger partial charge in [0.05, 0.1) is 6.07 Å². The highest BCUT2D eigenvalue weighted by molar-refractivity contribution is 6.10. The zero-order valence-corrected chi connectivity index (χ0v) is 11.3. The van der Waals surface area contributed by atoms with Crippen LogP contribution < -0.4 is 0 Å². The van der Waals surface area contributed by atoms with Crippen molar-refractivity contribution in [2.45, 2.75) is 19.8 Å². The molecule has 0 N–H and O–H groups in total. The van der Waals surface area contributed by atoms with E-state index in [1.807, 2.05) is 0 Å². The third-order valence-electron chi connectivity index (χ3n) is 3.25. The molecular weight excluding hydrogens is 256 g/mol. The second kappa shape index (κ2) is 6.20. The van der Waals surface area contributed by atoms with E-state index in [9.17, 15) is 9.59 Å². The van der Waals surface area contributed by atoms with Gasteiger partial charge in [-0.15, -0.1) is 0 Å². The molecular formula is C15H16N2O3. The zero-order valence-electron chi connectivity index (χ0n) is 11.3. The summed E-state index contributed by atoms with van der Waals surface area (Å²) in [7, 11) is 0. The largest absolute Gasteiger partial charge is 0.462 e. The monoisotopic (exact) mass is 272 g/mol. The van der Waals surface area contributed by atoms with E-state index in [1.165, 1.54) is 12.2 Å². The Morgan fingerprint density at radius 1 is 1.40 bits per heavy atom. The lowest BCUT2D eigenvalue weighted by molar-refractivity contribution is -0.136. The van der Waals surface area contributed by atoms with E-state index in [4.69, 9.17) is 9.68 Å². The average Bonchev–Trinajstić information content (AvgIpc) is 3.08. The molecule has 0 bridgehead atoms. The Labute approximate surface area is 117 Å². The first-order valence-corrected chi connectivity index (χ1v) is 6.58. The predicted octanol–water partition coefficient (Wildman–Crippen LogP) is 1.93. The van der Waals surface area contributed by atoms with E-state index in [0.717, 1.165) is 18.6 Å². The predicted molar refractivity (Wildman–Crippen MR) is 72.4 cm³/mol. The first-order chi connectivity index (χ1) is 9.61. The van der Waals surface area contributed by atoms with Crippen LogP contribution in [0, 0.1) is 24.2 Å². The fraction of sp³-hybridized carbons (Fsp3) is 0.400. The van der Waals surface area contributed by atoms with Crippen molar-refractivity contribution in [2.75, 3.05) is 13.1 Å². The van der Waals surface area contributed by atoms with Gasteiger partial charge in [-0.1, -0.05) is 0 Å². The molecule has 0 aromatic carbocycles. The average molecular weight is 272 g/mol. The number of nitriles is 1. The summed E-state index contributed by atoms with van der Waals surface area (Å²) in [6.07, 6.45) is 4.58. The lowest BCUT2D eigenvalue weighted by Gasteiger charge is -2.16. The Kier molecular flexibility index (Phi) is 4.36. The first-order valence-electron chi connectivity index (χ1n) is 6.58. The van der Waals surface area contributed by atoms with Crippen LogP contribution in [0.2, 0.25) is 0 Å². The van der Waals surface area contributed by atoms with Gasteiger partial charge in [0.25, 0.3) is 0 Å². The molecule has 0 aliphatic carbocycles. The molecule has 0 saturated carbocycles. The number of rotatable bonds is 4. The molecule has 0 unspecified atom stereocenters. The van der Waals surface area contributed by atoms with Crippen LogP contribution in [0.3, 0.4) is 0 Å². The van der Waals surface area contributed by atoms with Crippen molar-refractivity contribution in [3.63, 3.8) is 0 Å². The number of allylic oxidation sites excluding steroid dienone is 1. The number of hydrogen-bond acceptors (Lipinski definition) is 4. The quantitative estimate of drug-likeness (QED) is 0.620. The number of amides is 1. The molecule has 104 valence electrons. The van der Waals surface area contributed by atoms with E-state index in [-0.39, 0.29) is 0 Å². The molecule has 1 atom stereocenters. The van der Waals surface area contributed by atoms with E-state index in [0.29, 0.717) is 18.8 Å². The number of ketones is 1. The first kappa shape index (κ1) is 14.1. The van der Waals surface area contributed by atoms with Gasteiger partial charge >= 0.3 is 0 Å². The molecule has 20 heavy (non-hydrogen) atoms. The van der Waals surface area contributed by atoms with E-state index >= 15 is 0 Å². The van der Waals surface area contributed by atoms with Crippen LogP contribution in [0.15, 0.2) is 22.6 Å². The molecule has 2 rings (SSSR count). The highest BCUT2D eigenvalue weighted by atomic mass is 16.3. The van der Waals surface area contributed by atoms with Crippen LogP contribution in [0.4, 0.5) is 0 Å². The maximum Gasteiger partial charge on any atom is 0.247 e. The van der Waals surface area contributed by atoms with Gasteiger partial charge in [-0.05, 0) is 44.1 Å². The van der Waals surface area contributed by atoms with Crippen molar-refractivity contribution in [3.05, 3.63) is 29.7 Å². The summed E-state index contributed by atoms with van der Waals surface area (Å²) in [4.78, 5) is 25.6. The summed E-state index contributed by atoms with van der Waals surface area (Å²) in [5.74, 6) is -0.877. The van der Waals surface area contributed by atoms with Crippen molar-refractivity contribution >= 4 is 17.8 Å². The molecule has 5 heteroatoms. The second-order valence-corrected chi connectivity index (χ2v) is 4.78. The lowest BCUT2D eigenvalue weighted by atomic mass is 10.0. The second-order valence-electron chi connectivity index (χ2n) is 4.78. The van der Waals surface area contributed by atoms with Gasteiger partial charge in [0.1, 0.15) is 11.5 Å². The maximum absolute atomic E-state index is 12.1. The number of likely N-dealkylation sites (tertiary alicyclic amines) is 1. The Bertz CT molecular complexity index is 574. The molecule has 1 aromatic heterocycles. The van der Waals surface area contributed by atoms with Gasteiger partial charge in [0.2, 0.25) is 5.91 Å². The number of nitrogens with zero attached hydrogens (tertiary/aromatic N) is 2. The van der Waals surface area contributed by atoms with Crippen molar-refractivity contribution < 1.29 is 14.0 Å². The van der Waals surface area contributed by atoms with Crippen LogP contribution in [0.5, 0.6) is 0 Å². The van der Waals surface area contributed by atoms with Gasteiger partial charge in [-0.25, -0.2) is 0 Å². The van der Waals surface area contributed by atoms with Gasteiger partial charge in [0, 0.05) is 13.1 Å². The van der Waals surface area contributed by atoms with Gasteiger partial charge in [-0.2, -0.15) is 5.26 Å². The van der Waals surface area contributed by atoms with Gasteiger partial charge in [0.15, 0.2) is 11.7 Å². The van der Waals surface area contributed by atoms with Crippen molar-refractivity contribution in [1.82, 2.24) is 4.90 Å². The van der Waals surface area contributed by atoms with Crippen LogP contribution in [0.25, 0.3) is 6.08 Å². The maximum atomic E-state index is 12.1. The van der Waals surface area contributed by atoms with Crippen LogP contribution in [-0.4, -0.2) is 29.7 Å². The summed E-state index contributed by atoms with van der Waals surface area (Å²) in [5.41, 5.74) is 0. The minimum absolute atomic E-state index is 0.393. The van der Waals surface area contributed by atoms with Crippen LogP contribution >= 0.6 is 0 Å². The molecule has 1 saturated heterocycles. The highest BCUT2D eigenvalue weighted by Crippen LogP contribution is 2.14. The van der Waals surface area contributed by atoms with Crippen LogP contribution in [-0.2, 0) is 9.59 Å². The summed E-state index contributed by atoms with van der Waals surface area (Å²) in [6.45, 7) is 3.06. The van der Waals surface area contributed by atoms with E-state index < -0.39 is 17.6 Å². The molecule has 1 amide bonds. The molecule has 0 radical (unpaired) electrons. The molecule has 0 spiro atoms. The molecule has 2 heterocycles. The number of hydrogen-bond donors (Lipinski definition) is 0. The minimum Gasteiger partial charge on any atom is -0.462 e. The van der Waals surface area contributed by atoms with Crippen LogP contribution in [0.1, 0.15) is 24.4 Å². The van der Waals surface area contributed by atoms with E-state index in [1.54, 1.807) is 30.0 Å². The Morgan fingerprint density at radius 2 is 2.10 bits per heavy atom. The molecule has 1 fully saturated rings. The minimum atomic E-state index is -1.25. The SMILES string of the molecule is Cc1ccc(/C=C\C(=O)[C@@H](C#N)C(=O)N2CCCC2)o1. The van der Waals surface area contributed by atoms with Gasteiger partial charge in [-0.3, -0.25) is 9.59 Å². The number of aryl methyl sites for hydroxylation is 1.